The predicted octanol–water partition coefficient (Wildman–Crippen LogP) is 1.01. The molecule has 0 spiro atoms. The number of rotatable bonds is 3. The topological polar surface area (TPSA) is 41.6 Å². The molecule has 4 heteroatoms. The third-order valence-electron chi connectivity index (χ3n) is 4.22. The van der Waals surface area contributed by atoms with Gasteiger partial charge in [-0.2, -0.15) is 0 Å². The maximum absolute atomic E-state index is 11.9. The summed E-state index contributed by atoms with van der Waals surface area (Å²) < 4.78 is 5.09. The Kier molecular flexibility index (Phi) is 4.40. The van der Waals surface area contributed by atoms with Gasteiger partial charge >= 0.3 is 0 Å². The Morgan fingerprint density at radius 2 is 2.06 bits per heavy atom. The average Bonchev–Trinajstić information content (AvgIpc) is 2.91. The largest absolute Gasteiger partial charge is 0.372 e. The number of ether oxygens (including phenoxy) is 1. The lowest BCUT2D eigenvalue weighted by Crippen LogP contribution is -2.46. The highest BCUT2D eigenvalue weighted by atomic mass is 16.5. The third-order valence-corrected chi connectivity index (χ3v) is 4.22. The van der Waals surface area contributed by atoms with Gasteiger partial charge in [-0.25, -0.2) is 0 Å². The van der Waals surface area contributed by atoms with Crippen LogP contribution in [0.15, 0.2) is 0 Å². The first-order valence-corrected chi connectivity index (χ1v) is 6.77. The average molecular weight is 240 g/mol. The second-order valence-electron chi connectivity index (χ2n) is 5.24. The molecule has 1 amide bonds. The summed E-state index contributed by atoms with van der Waals surface area (Å²) in [5.74, 6) is 0.907. The minimum atomic E-state index is -0.295. The molecule has 0 aromatic rings. The highest BCUT2D eigenvalue weighted by Gasteiger charge is 2.31. The van der Waals surface area contributed by atoms with Crippen molar-refractivity contribution < 1.29 is 9.53 Å². The standard InChI is InChI=1S/C13H24N2O2/c1-10(17-2)13(16)15-8-5-11(6-9-15)12-4-3-7-14-12/h10-12,14H,3-9H2,1-2H3. The van der Waals surface area contributed by atoms with Crippen LogP contribution < -0.4 is 5.32 Å². The molecule has 0 bridgehead atoms. The lowest BCUT2D eigenvalue weighted by atomic mass is 9.88. The number of nitrogens with zero attached hydrogens (tertiary/aromatic N) is 1. The third kappa shape index (κ3) is 2.99. The molecular weight excluding hydrogens is 216 g/mol. The lowest BCUT2D eigenvalue weighted by molar-refractivity contribution is -0.142. The van der Waals surface area contributed by atoms with Crippen molar-refractivity contribution >= 4 is 5.91 Å². The monoisotopic (exact) mass is 240 g/mol. The molecule has 2 fully saturated rings. The Morgan fingerprint density at radius 1 is 1.35 bits per heavy atom. The summed E-state index contributed by atoms with van der Waals surface area (Å²) in [5.41, 5.74) is 0. The number of carbonyl (C=O) groups excluding carboxylic acids is 1. The summed E-state index contributed by atoms with van der Waals surface area (Å²) in [5, 5.41) is 3.58. The van der Waals surface area contributed by atoms with E-state index in [0.29, 0.717) is 6.04 Å². The van der Waals surface area contributed by atoms with E-state index in [1.165, 1.54) is 19.4 Å². The van der Waals surface area contributed by atoms with Crippen LogP contribution in [-0.2, 0) is 9.53 Å². The van der Waals surface area contributed by atoms with Crippen molar-refractivity contribution in [2.24, 2.45) is 5.92 Å². The molecule has 98 valence electrons. The highest BCUT2D eigenvalue weighted by Crippen LogP contribution is 2.25. The van der Waals surface area contributed by atoms with Crippen molar-refractivity contribution in [1.29, 1.82) is 0 Å². The zero-order valence-electron chi connectivity index (χ0n) is 10.9. The van der Waals surface area contributed by atoms with Gasteiger partial charge < -0.3 is 15.0 Å². The van der Waals surface area contributed by atoms with E-state index >= 15 is 0 Å². The van der Waals surface area contributed by atoms with Gasteiger partial charge in [-0.05, 0) is 45.1 Å². The Bertz CT molecular complexity index is 256. The molecule has 4 nitrogen and oxygen atoms in total. The Labute approximate surface area is 104 Å². The predicted molar refractivity (Wildman–Crippen MR) is 66.8 cm³/mol. The van der Waals surface area contributed by atoms with E-state index in [2.05, 4.69) is 5.32 Å². The number of piperidine rings is 1. The molecule has 2 aliphatic rings. The second-order valence-corrected chi connectivity index (χ2v) is 5.24. The molecule has 0 aromatic heterocycles. The molecule has 0 radical (unpaired) electrons. The number of hydrogen-bond donors (Lipinski definition) is 1. The number of likely N-dealkylation sites (tertiary alicyclic amines) is 1. The van der Waals surface area contributed by atoms with Gasteiger partial charge in [0.05, 0.1) is 0 Å². The molecule has 2 atom stereocenters. The summed E-state index contributed by atoms with van der Waals surface area (Å²) in [7, 11) is 1.60. The van der Waals surface area contributed by atoms with Crippen LogP contribution in [0.1, 0.15) is 32.6 Å². The minimum Gasteiger partial charge on any atom is -0.372 e. The molecule has 0 aromatic carbocycles. The van der Waals surface area contributed by atoms with Crippen molar-refractivity contribution in [3.63, 3.8) is 0 Å². The number of nitrogens with one attached hydrogen (secondary N) is 1. The Hall–Kier alpha value is -0.610. The molecule has 2 heterocycles. The summed E-state index contributed by atoms with van der Waals surface area (Å²) >= 11 is 0. The van der Waals surface area contributed by atoms with Crippen molar-refractivity contribution in [1.82, 2.24) is 10.2 Å². The van der Waals surface area contributed by atoms with Gasteiger partial charge in [-0.1, -0.05) is 0 Å². The highest BCUT2D eigenvalue weighted by molar-refractivity contribution is 5.80. The summed E-state index contributed by atoms with van der Waals surface area (Å²) in [4.78, 5) is 13.9. The van der Waals surface area contributed by atoms with Gasteiger partial charge in [0, 0.05) is 26.2 Å². The van der Waals surface area contributed by atoms with Crippen LogP contribution in [0.4, 0.5) is 0 Å². The van der Waals surface area contributed by atoms with Crippen LogP contribution in [0.5, 0.6) is 0 Å². The molecule has 0 aliphatic carbocycles. The van der Waals surface area contributed by atoms with Gasteiger partial charge in [0.2, 0.25) is 0 Å². The van der Waals surface area contributed by atoms with E-state index in [9.17, 15) is 4.79 Å². The van der Waals surface area contributed by atoms with Crippen LogP contribution in [0.2, 0.25) is 0 Å². The van der Waals surface area contributed by atoms with Crippen molar-refractivity contribution in [3.05, 3.63) is 0 Å². The minimum absolute atomic E-state index is 0.144. The van der Waals surface area contributed by atoms with Crippen LogP contribution in [0.3, 0.4) is 0 Å². The van der Waals surface area contributed by atoms with Gasteiger partial charge in [0.15, 0.2) is 0 Å². The first-order valence-electron chi connectivity index (χ1n) is 6.77. The van der Waals surface area contributed by atoms with Crippen LogP contribution in [0.25, 0.3) is 0 Å². The first-order chi connectivity index (χ1) is 8.22. The fraction of sp³-hybridized carbons (Fsp3) is 0.923. The molecule has 17 heavy (non-hydrogen) atoms. The Morgan fingerprint density at radius 3 is 2.59 bits per heavy atom. The smallest absolute Gasteiger partial charge is 0.251 e. The van der Waals surface area contributed by atoms with E-state index in [4.69, 9.17) is 4.74 Å². The number of hydrogen-bond acceptors (Lipinski definition) is 3. The molecule has 2 rings (SSSR count). The molecule has 2 saturated heterocycles. The van der Waals surface area contributed by atoms with Crippen molar-refractivity contribution in [2.75, 3.05) is 26.7 Å². The van der Waals surface area contributed by atoms with Gasteiger partial charge in [0.25, 0.3) is 5.91 Å². The molecular formula is C13H24N2O2. The number of methoxy groups -OCH3 is 1. The maximum Gasteiger partial charge on any atom is 0.251 e. The van der Waals surface area contributed by atoms with E-state index in [-0.39, 0.29) is 12.0 Å². The van der Waals surface area contributed by atoms with E-state index in [0.717, 1.165) is 31.8 Å². The van der Waals surface area contributed by atoms with Gasteiger partial charge in [-0.3, -0.25) is 4.79 Å². The molecule has 0 saturated carbocycles. The summed E-state index contributed by atoms with van der Waals surface area (Å²) in [6, 6.07) is 0.701. The van der Waals surface area contributed by atoms with Gasteiger partial charge in [-0.15, -0.1) is 0 Å². The van der Waals surface area contributed by atoms with Crippen LogP contribution in [0, 0.1) is 5.92 Å². The molecule has 2 aliphatic heterocycles. The van der Waals surface area contributed by atoms with E-state index in [1.54, 1.807) is 7.11 Å². The van der Waals surface area contributed by atoms with E-state index in [1.807, 2.05) is 11.8 Å². The summed E-state index contributed by atoms with van der Waals surface area (Å²) in [6.07, 6.45) is 4.60. The molecule has 2 unspecified atom stereocenters. The Balaban J connectivity index is 1.79. The van der Waals surface area contributed by atoms with Crippen LogP contribution in [-0.4, -0.2) is 49.7 Å². The lowest BCUT2D eigenvalue weighted by Gasteiger charge is -2.35. The normalized spacial score (nSPS) is 28.4. The number of carbonyl (C=O) groups is 1. The van der Waals surface area contributed by atoms with Crippen molar-refractivity contribution in [2.45, 2.75) is 44.8 Å². The zero-order chi connectivity index (χ0) is 12.3. The fourth-order valence-electron chi connectivity index (χ4n) is 2.99. The quantitative estimate of drug-likeness (QED) is 0.800. The fourth-order valence-corrected chi connectivity index (χ4v) is 2.99. The number of amides is 1. The second kappa shape index (κ2) is 5.83. The van der Waals surface area contributed by atoms with E-state index < -0.39 is 0 Å². The van der Waals surface area contributed by atoms with Crippen LogP contribution >= 0.6 is 0 Å². The first kappa shape index (κ1) is 12.8. The SMILES string of the molecule is COC(C)C(=O)N1CCC(C2CCCN2)CC1. The van der Waals surface area contributed by atoms with Crippen molar-refractivity contribution in [3.8, 4) is 0 Å². The maximum atomic E-state index is 11.9. The van der Waals surface area contributed by atoms with Gasteiger partial charge in [0.1, 0.15) is 6.10 Å². The zero-order valence-corrected chi connectivity index (χ0v) is 10.9. The summed E-state index contributed by atoms with van der Waals surface area (Å²) in [6.45, 7) is 4.79. The molecule has 1 N–H and O–H groups in total.